The summed E-state index contributed by atoms with van der Waals surface area (Å²) in [7, 11) is 1.83. The van der Waals surface area contributed by atoms with Gasteiger partial charge in [-0.1, -0.05) is 24.3 Å². The van der Waals surface area contributed by atoms with Crippen LogP contribution in [0.2, 0.25) is 0 Å². The number of nitrogens with zero attached hydrogens (tertiary/aromatic N) is 1. The van der Waals surface area contributed by atoms with Crippen molar-refractivity contribution < 1.29 is 14.5 Å². The number of likely N-dealkylation sites (N-methyl/N-ethyl adjacent to an activating group) is 1. The average Bonchev–Trinajstić information content (AvgIpc) is 3.05. The summed E-state index contributed by atoms with van der Waals surface area (Å²) in [6, 6.07) is 15.8. The molecule has 0 saturated heterocycles. The summed E-state index contributed by atoms with van der Waals surface area (Å²) in [5, 5.41) is 6.67. The van der Waals surface area contributed by atoms with Gasteiger partial charge >= 0.3 is 0 Å². The molecule has 0 saturated carbocycles. The summed E-state index contributed by atoms with van der Waals surface area (Å²) in [5.41, 5.74) is 2.67. The number of carbonyl (C=O) groups is 2. The molecule has 0 aliphatic carbocycles. The Morgan fingerprint density at radius 3 is 2.57 bits per heavy atom. The summed E-state index contributed by atoms with van der Waals surface area (Å²) in [4.78, 5) is 29.6. The molecule has 7 heteroatoms. The highest BCUT2D eigenvalue weighted by atomic mass is 32.1. The van der Waals surface area contributed by atoms with Crippen molar-refractivity contribution in [3.05, 3.63) is 48.5 Å². The Labute approximate surface area is 168 Å². The average molecular weight is 398 g/mol. The van der Waals surface area contributed by atoms with Gasteiger partial charge < -0.3 is 15.5 Å². The molecule has 1 heterocycles. The van der Waals surface area contributed by atoms with E-state index in [1.165, 1.54) is 0 Å². The quantitative estimate of drug-likeness (QED) is 0.570. The Morgan fingerprint density at radius 1 is 1.07 bits per heavy atom. The molecule has 146 valence electrons. The number of anilines is 1. The van der Waals surface area contributed by atoms with Crippen LogP contribution in [0.25, 0.3) is 20.8 Å². The molecule has 28 heavy (non-hydrogen) atoms. The number of nitrogens with one attached hydrogen (secondary N) is 3. The largest absolute Gasteiger partial charge is 0.349 e. The van der Waals surface area contributed by atoms with Gasteiger partial charge in [-0.2, -0.15) is 0 Å². The lowest BCUT2D eigenvalue weighted by Crippen LogP contribution is -3.11. The molecule has 2 aromatic carbocycles. The SMILES string of the molecule is CC(C)NC(=O)C[NH+](C)CC(=O)Nc1cccc(-c2nc3ccccc3s2)c1. The standard InChI is InChI=1S/C21H24N4O2S/c1-14(2)22-19(26)12-25(3)13-20(27)23-16-8-6-7-15(11-16)21-24-17-9-4-5-10-18(17)28-21/h4-11,14H,12-13H2,1-3H3,(H,22,26)(H,23,27)/p+1. The van der Waals surface area contributed by atoms with E-state index in [0.29, 0.717) is 0 Å². The molecule has 0 radical (unpaired) electrons. The molecule has 3 N–H and O–H groups in total. The number of benzene rings is 2. The van der Waals surface area contributed by atoms with Gasteiger partial charge in [0, 0.05) is 17.3 Å². The van der Waals surface area contributed by atoms with Crippen molar-refractivity contribution in [2.75, 3.05) is 25.5 Å². The number of amides is 2. The zero-order valence-electron chi connectivity index (χ0n) is 16.3. The minimum Gasteiger partial charge on any atom is -0.349 e. The van der Waals surface area contributed by atoms with Crippen LogP contribution in [-0.2, 0) is 9.59 Å². The van der Waals surface area contributed by atoms with Crippen LogP contribution in [0.5, 0.6) is 0 Å². The van der Waals surface area contributed by atoms with E-state index >= 15 is 0 Å². The predicted octanol–water partition coefficient (Wildman–Crippen LogP) is 1.94. The van der Waals surface area contributed by atoms with Crippen LogP contribution in [0.4, 0.5) is 5.69 Å². The van der Waals surface area contributed by atoms with Gasteiger partial charge in [0.15, 0.2) is 13.1 Å². The molecule has 0 spiro atoms. The monoisotopic (exact) mass is 397 g/mol. The third kappa shape index (κ3) is 5.37. The van der Waals surface area contributed by atoms with E-state index in [9.17, 15) is 9.59 Å². The maximum Gasteiger partial charge on any atom is 0.279 e. The van der Waals surface area contributed by atoms with Crippen LogP contribution < -0.4 is 15.5 Å². The Balaban J connectivity index is 1.62. The smallest absolute Gasteiger partial charge is 0.279 e. The first-order chi connectivity index (χ1) is 13.4. The summed E-state index contributed by atoms with van der Waals surface area (Å²) in [6.45, 7) is 4.31. The van der Waals surface area contributed by atoms with Crippen molar-refractivity contribution in [2.24, 2.45) is 0 Å². The maximum absolute atomic E-state index is 12.3. The lowest BCUT2D eigenvalue weighted by Gasteiger charge is -2.15. The fourth-order valence-electron chi connectivity index (χ4n) is 2.91. The third-order valence-electron chi connectivity index (χ3n) is 4.06. The summed E-state index contributed by atoms with van der Waals surface area (Å²) < 4.78 is 1.14. The molecule has 0 fully saturated rings. The minimum atomic E-state index is -0.128. The molecular formula is C21H25N4O2S+. The van der Waals surface area contributed by atoms with Crippen LogP contribution in [0.1, 0.15) is 13.8 Å². The number of hydrogen-bond donors (Lipinski definition) is 3. The Hall–Kier alpha value is -2.77. The van der Waals surface area contributed by atoms with Crippen molar-refractivity contribution in [1.82, 2.24) is 10.3 Å². The van der Waals surface area contributed by atoms with Gasteiger partial charge in [-0.15, -0.1) is 11.3 Å². The molecule has 3 rings (SSSR count). The highest BCUT2D eigenvalue weighted by Crippen LogP contribution is 2.31. The topological polar surface area (TPSA) is 75.5 Å². The van der Waals surface area contributed by atoms with Gasteiger partial charge in [0.1, 0.15) is 5.01 Å². The number of thiazole rings is 1. The van der Waals surface area contributed by atoms with E-state index in [1.54, 1.807) is 11.3 Å². The molecule has 3 aromatic rings. The van der Waals surface area contributed by atoms with Crippen molar-refractivity contribution >= 4 is 39.1 Å². The van der Waals surface area contributed by atoms with Gasteiger partial charge in [0.25, 0.3) is 11.8 Å². The van der Waals surface area contributed by atoms with Gasteiger partial charge in [0.05, 0.1) is 17.3 Å². The molecule has 1 aromatic heterocycles. The van der Waals surface area contributed by atoms with Crippen LogP contribution in [-0.4, -0.2) is 43.0 Å². The van der Waals surface area contributed by atoms with Crippen LogP contribution >= 0.6 is 11.3 Å². The number of rotatable bonds is 7. The number of carbonyl (C=O) groups excluding carboxylic acids is 2. The lowest BCUT2D eigenvalue weighted by atomic mass is 10.2. The number of hydrogen-bond acceptors (Lipinski definition) is 4. The van der Waals surface area contributed by atoms with Crippen molar-refractivity contribution in [3.63, 3.8) is 0 Å². The van der Waals surface area contributed by atoms with Crippen LogP contribution in [0.3, 0.4) is 0 Å². The number of para-hydroxylation sites is 1. The van der Waals surface area contributed by atoms with Gasteiger partial charge in [-0.05, 0) is 38.1 Å². The second kappa shape index (κ2) is 8.95. The highest BCUT2D eigenvalue weighted by molar-refractivity contribution is 7.21. The predicted molar refractivity (Wildman–Crippen MR) is 114 cm³/mol. The van der Waals surface area contributed by atoms with Gasteiger partial charge in [-0.25, -0.2) is 4.98 Å². The van der Waals surface area contributed by atoms with E-state index < -0.39 is 0 Å². The Morgan fingerprint density at radius 2 is 1.82 bits per heavy atom. The molecule has 0 aliphatic rings. The molecule has 0 bridgehead atoms. The normalized spacial score (nSPS) is 12.1. The van der Waals surface area contributed by atoms with Gasteiger partial charge in [0.2, 0.25) is 0 Å². The van der Waals surface area contributed by atoms with E-state index in [4.69, 9.17) is 0 Å². The lowest BCUT2D eigenvalue weighted by molar-refractivity contribution is -0.862. The Bertz CT molecular complexity index is 950. The fourth-order valence-corrected chi connectivity index (χ4v) is 3.88. The van der Waals surface area contributed by atoms with Crippen molar-refractivity contribution in [2.45, 2.75) is 19.9 Å². The van der Waals surface area contributed by atoms with Crippen LogP contribution in [0.15, 0.2) is 48.5 Å². The van der Waals surface area contributed by atoms with Gasteiger partial charge in [-0.3, -0.25) is 9.59 Å². The van der Waals surface area contributed by atoms with E-state index in [0.717, 1.165) is 31.4 Å². The highest BCUT2D eigenvalue weighted by Gasteiger charge is 2.15. The number of aromatic nitrogens is 1. The van der Waals surface area contributed by atoms with E-state index in [2.05, 4.69) is 21.7 Å². The molecule has 6 nitrogen and oxygen atoms in total. The first-order valence-corrected chi connectivity index (χ1v) is 10.1. The van der Waals surface area contributed by atoms with E-state index in [-0.39, 0.29) is 30.9 Å². The summed E-state index contributed by atoms with van der Waals surface area (Å²) in [6.07, 6.45) is 0. The molecule has 2 amide bonds. The maximum atomic E-state index is 12.3. The summed E-state index contributed by atoms with van der Waals surface area (Å²) >= 11 is 1.63. The third-order valence-corrected chi connectivity index (χ3v) is 5.15. The second-order valence-electron chi connectivity index (χ2n) is 7.15. The first kappa shape index (κ1) is 20.0. The first-order valence-electron chi connectivity index (χ1n) is 9.27. The van der Waals surface area contributed by atoms with Crippen LogP contribution in [0, 0.1) is 0 Å². The molecule has 1 atom stereocenters. The minimum absolute atomic E-state index is 0.0573. The van der Waals surface area contributed by atoms with E-state index in [1.807, 2.05) is 63.4 Å². The van der Waals surface area contributed by atoms with Crippen molar-refractivity contribution in [3.8, 4) is 10.6 Å². The molecular weight excluding hydrogens is 372 g/mol. The fraction of sp³-hybridized carbons (Fsp3) is 0.286. The number of fused-ring (bicyclic) bond motifs is 1. The zero-order chi connectivity index (χ0) is 20.1. The summed E-state index contributed by atoms with van der Waals surface area (Å²) in [5.74, 6) is -0.186. The Kier molecular flexibility index (Phi) is 6.38. The van der Waals surface area contributed by atoms with Crippen molar-refractivity contribution in [1.29, 1.82) is 0 Å². The zero-order valence-corrected chi connectivity index (χ0v) is 17.1. The second-order valence-corrected chi connectivity index (χ2v) is 8.18. The molecule has 1 unspecified atom stereocenters. The molecule has 0 aliphatic heterocycles. The number of quaternary nitrogens is 1.